The summed E-state index contributed by atoms with van der Waals surface area (Å²) in [4.78, 5) is 35.0. The van der Waals surface area contributed by atoms with Gasteiger partial charge in [0.15, 0.2) is 6.10 Å². The SMILES string of the molecule is CC/C=C\C/C=C\CC(O)/C=C/C=C\C/C=C\CCCC(=O)O[C@H](COC(=O)CCCCCCCCC/C=C\CCCCCCCC)COP(=O)(O)OC[C@@H](O)CO. The second-order valence-corrected chi connectivity index (χ2v) is 16.0. The number of carbonyl (C=O) groups is 2. The second-order valence-electron chi connectivity index (χ2n) is 14.5. The van der Waals surface area contributed by atoms with Gasteiger partial charge in [0, 0.05) is 12.8 Å². The fourth-order valence-corrected chi connectivity index (χ4v) is 6.31. The first-order valence-electron chi connectivity index (χ1n) is 22.0. The van der Waals surface area contributed by atoms with Gasteiger partial charge < -0.3 is 29.7 Å². The Bertz CT molecular complexity index is 1210. The van der Waals surface area contributed by atoms with Crippen molar-refractivity contribution in [3.8, 4) is 0 Å². The van der Waals surface area contributed by atoms with Crippen molar-refractivity contribution >= 4 is 19.8 Å². The van der Waals surface area contributed by atoms with Gasteiger partial charge in [-0.25, -0.2) is 4.57 Å². The summed E-state index contributed by atoms with van der Waals surface area (Å²) >= 11 is 0. The number of aliphatic hydroxyl groups excluding tert-OH is 3. The molecule has 334 valence electrons. The lowest BCUT2D eigenvalue weighted by Gasteiger charge is -2.20. The van der Waals surface area contributed by atoms with E-state index in [-0.39, 0.29) is 19.4 Å². The van der Waals surface area contributed by atoms with E-state index in [0.717, 1.165) is 38.5 Å². The van der Waals surface area contributed by atoms with Crippen LogP contribution in [0.5, 0.6) is 0 Å². The van der Waals surface area contributed by atoms with Gasteiger partial charge >= 0.3 is 19.8 Å². The van der Waals surface area contributed by atoms with Crippen LogP contribution in [0.3, 0.4) is 0 Å². The Balaban J connectivity index is 4.46. The number of carbonyl (C=O) groups excluding carboxylic acids is 2. The molecular formula is C46H79O11P. The Morgan fingerprint density at radius 3 is 1.83 bits per heavy atom. The topological polar surface area (TPSA) is 169 Å². The molecule has 0 saturated carbocycles. The van der Waals surface area contributed by atoms with Crippen molar-refractivity contribution < 1.29 is 52.9 Å². The molecule has 4 N–H and O–H groups in total. The van der Waals surface area contributed by atoms with Crippen LogP contribution < -0.4 is 0 Å². The number of hydrogen-bond donors (Lipinski definition) is 4. The highest BCUT2D eigenvalue weighted by atomic mass is 31.2. The Labute approximate surface area is 351 Å². The molecule has 0 saturated heterocycles. The smallest absolute Gasteiger partial charge is 0.462 e. The predicted octanol–water partition coefficient (Wildman–Crippen LogP) is 10.6. The number of rotatable bonds is 40. The minimum atomic E-state index is -4.65. The molecule has 11 nitrogen and oxygen atoms in total. The Morgan fingerprint density at radius 2 is 1.16 bits per heavy atom. The summed E-state index contributed by atoms with van der Waals surface area (Å²) in [6.45, 7) is 2.09. The maximum Gasteiger partial charge on any atom is 0.472 e. The fourth-order valence-electron chi connectivity index (χ4n) is 5.52. The number of esters is 2. The molecule has 0 bridgehead atoms. The van der Waals surface area contributed by atoms with Crippen molar-refractivity contribution in [2.45, 2.75) is 180 Å². The van der Waals surface area contributed by atoms with E-state index in [4.69, 9.17) is 19.1 Å². The number of ether oxygens (including phenoxy) is 2. The van der Waals surface area contributed by atoms with Crippen LogP contribution in [0.25, 0.3) is 0 Å². The molecule has 0 spiro atoms. The van der Waals surface area contributed by atoms with Crippen molar-refractivity contribution in [2.24, 2.45) is 0 Å². The molecular weight excluding hydrogens is 759 g/mol. The van der Waals surface area contributed by atoms with E-state index in [1.807, 2.05) is 42.5 Å². The van der Waals surface area contributed by atoms with E-state index >= 15 is 0 Å². The van der Waals surface area contributed by atoms with Crippen molar-refractivity contribution in [1.82, 2.24) is 0 Å². The lowest BCUT2D eigenvalue weighted by atomic mass is 10.1. The molecule has 0 amide bonds. The lowest BCUT2D eigenvalue weighted by molar-refractivity contribution is -0.161. The van der Waals surface area contributed by atoms with Crippen LogP contribution >= 0.6 is 7.82 Å². The van der Waals surface area contributed by atoms with Crippen LogP contribution in [-0.2, 0) is 32.7 Å². The number of hydrogen-bond acceptors (Lipinski definition) is 10. The number of aliphatic hydroxyl groups is 3. The zero-order valence-electron chi connectivity index (χ0n) is 35.8. The summed E-state index contributed by atoms with van der Waals surface area (Å²) in [5.74, 6) is -1.04. The molecule has 0 aliphatic carbocycles. The van der Waals surface area contributed by atoms with Crippen LogP contribution in [0, 0.1) is 0 Å². The lowest BCUT2D eigenvalue weighted by Crippen LogP contribution is -2.29. The zero-order chi connectivity index (χ0) is 42.8. The van der Waals surface area contributed by atoms with Crippen molar-refractivity contribution in [2.75, 3.05) is 26.4 Å². The molecule has 0 aromatic carbocycles. The van der Waals surface area contributed by atoms with E-state index < -0.39 is 57.9 Å². The molecule has 0 aliphatic rings. The molecule has 0 aromatic rings. The summed E-state index contributed by atoms with van der Waals surface area (Å²) in [7, 11) is -4.65. The molecule has 0 aliphatic heterocycles. The first-order valence-corrected chi connectivity index (χ1v) is 23.5. The average Bonchev–Trinajstić information content (AvgIpc) is 3.21. The predicted molar refractivity (Wildman–Crippen MR) is 234 cm³/mol. The van der Waals surface area contributed by atoms with Gasteiger partial charge in [-0.1, -0.05) is 151 Å². The van der Waals surface area contributed by atoms with Crippen LogP contribution in [-0.4, -0.2) is 76.9 Å². The number of phosphoric acid groups is 1. The average molecular weight is 839 g/mol. The minimum Gasteiger partial charge on any atom is -0.462 e. The highest BCUT2D eigenvalue weighted by Crippen LogP contribution is 2.43. The molecule has 58 heavy (non-hydrogen) atoms. The monoisotopic (exact) mass is 839 g/mol. The molecule has 12 heteroatoms. The highest BCUT2D eigenvalue weighted by molar-refractivity contribution is 7.47. The maximum absolute atomic E-state index is 12.6. The van der Waals surface area contributed by atoms with Gasteiger partial charge in [-0.05, 0) is 70.6 Å². The molecule has 0 heterocycles. The van der Waals surface area contributed by atoms with Gasteiger partial charge in [-0.3, -0.25) is 18.6 Å². The van der Waals surface area contributed by atoms with Crippen molar-refractivity contribution in [1.29, 1.82) is 0 Å². The molecule has 0 fully saturated rings. The molecule has 0 aromatic heterocycles. The van der Waals surface area contributed by atoms with Gasteiger partial charge in [0.2, 0.25) is 0 Å². The molecule has 2 unspecified atom stereocenters. The van der Waals surface area contributed by atoms with Crippen LogP contribution in [0.2, 0.25) is 0 Å². The Kier molecular flexibility index (Phi) is 39.3. The molecule has 4 atom stereocenters. The summed E-state index contributed by atoms with van der Waals surface area (Å²) in [6, 6.07) is 0. The maximum atomic E-state index is 12.6. The third-order valence-corrected chi connectivity index (χ3v) is 9.88. The highest BCUT2D eigenvalue weighted by Gasteiger charge is 2.27. The zero-order valence-corrected chi connectivity index (χ0v) is 36.7. The summed E-state index contributed by atoms with van der Waals surface area (Å²) in [5.41, 5.74) is 0. The van der Waals surface area contributed by atoms with E-state index in [0.29, 0.717) is 32.1 Å². The van der Waals surface area contributed by atoms with E-state index in [9.17, 15) is 29.3 Å². The first-order chi connectivity index (χ1) is 28.1. The van der Waals surface area contributed by atoms with Crippen molar-refractivity contribution in [3.63, 3.8) is 0 Å². The summed E-state index contributed by atoms with van der Waals surface area (Å²) in [6.07, 6.45) is 43.3. The number of unbranched alkanes of at least 4 members (excludes halogenated alkanes) is 14. The quantitative estimate of drug-likeness (QED) is 0.0152. The molecule has 0 radical (unpaired) electrons. The van der Waals surface area contributed by atoms with Gasteiger partial charge in [0.25, 0.3) is 0 Å². The van der Waals surface area contributed by atoms with E-state index in [2.05, 4.69) is 42.7 Å². The van der Waals surface area contributed by atoms with Gasteiger partial charge in [-0.15, -0.1) is 0 Å². The van der Waals surface area contributed by atoms with Gasteiger partial charge in [0.1, 0.15) is 12.7 Å². The standard InChI is InChI=1S/C46H79O11P/c1-3-5-7-9-11-12-13-14-15-16-17-18-19-20-24-28-32-36-45(50)54-40-44(41-56-58(52,53)55-39-43(49)38-47)57-46(51)37-33-29-25-22-21-23-27-31-35-42(48)34-30-26-10-8-6-4-2/h6,8,14-15,22-23,25-27,30-31,35,42-44,47-49H,3-5,7,9-13,16-21,24,28-29,32-34,36-41H2,1-2H3,(H,52,53)/b8-6-,15-14-,25-22-,27-23-,30-26-,35-31+/t42?,43-,44+/m0/s1. The van der Waals surface area contributed by atoms with Gasteiger partial charge in [-0.2, -0.15) is 0 Å². The normalized spacial score (nSPS) is 15.1. The third kappa shape index (κ3) is 40.2. The third-order valence-electron chi connectivity index (χ3n) is 8.93. The minimum absolute atomic E-state index is 0.0700. The van der Waals surface area contributed by atoms with Crippen molar-refractivity contribution in [3.05, 3.63) is 72.9 Å². The Hall–Kier alpha value is -2.63. The summed E-state index contributed by atoms with van der Waals surface area (Å²) < 4.78 is 32.6. The van der Waals surface area contributed by atoms with Gasteiger partial charge in [0.05, 0.1) is 25.9 Å². The first kappa shape index (κ1) is 55.4. The second kappa shape index (κ2) is 41.1. The van der Waals surface area contributed by atoms with Crippen LogP contribution in [0.15, 0.2) is 72.9 Å². The van der Waals surface area contributed by atoms with Crippen LogP contribution in [0.1, 0.15) is 162 Å². The number of phosphoric ester groups is 1. The van der Waals surface area contributed by atoms with E-state index in [1.54, 1.807) is 6.08 Å². The Morgan fingerprint density at radius 1 is 0.603 bits per heavy atom. The van der Waals surface area contributed by atoms with E-state index in [1.165, 1.54) is 64.2 Å². The van der Waals surface area contributed by atoms with Crippen LogP contribution in [0.4, 0.5) is 0 Å². The largest absolute Gasteiger partial charge is 0.472 e. The number of allylic oxidation sites excluding steroid dienone is 10. The fraction of sp³-hybridized carbons (Fsp3) is 0.696. The molecule has 0 rings (SSSR count). The summed E-state index contributed by atoms with van der Waals surface area (Å²) in [5, 5.41) is 28.3.